The van der Waals surface area contributed by atoms with Crippen LogP contribution in [0.25, 0.3) is 0 Å². The molecule has 19 nitrogen and oxygen atoms in total. The number of aliphatic hydroxyl groups is 12. The summed E-state index contributed by atoms with van der Waals surface area (Å²) in [7, 11) is 0. The molecule has 3 fully saturated rings. The van der Waals surface area contributed by atoms with E-state index >= 15 is 0 Å². The van der Waals surface area contributed by atoms with Crippen LogP contribution in [0.5, 0.6) is 0 Å². The predicted octanol–water partition coefficient (Wildman–Crippen LogP) is -8.37. The summed E-state index contributed by atoms with van der Waals surface area (Å²) in [5.74, 6) is -4.70. The van der Waals surface area contributed by atoms with E-state index in [1.165, 1.54) is 0 Å². The Hall–Kier alpha value is -1.21. The average Bonchev–Trinajstić information content (AvgIpc) is 2.93. The first-order valence-electron chi connectivity index (χ1n) is 12.2. The molecule has 0 aliphatic carbocycles. The number of hydrogen-bond acceptors (Lipinski definition) is 18. The maximum Gasteiger partial charge on any atom is 0.364 e. The van der Waals surface area contributed by atoms with E-state index in [2.05, 4.69) is 0 Å². The van der Waals surface area contributed by atoms with Crippen molar-refractivity contribution in [2.45, 2.75) is 104 Å². The monoisotopic (exact) mass is 592 g/mol. The molecule has 3 saturated heterocycles. The highest BCUT2D eigenvalue weighted by molar-refractivity contribution is 5.76. The van der Waals surface area contributed by atoms with Crippen molar-refractivity contribution in [3.05, 3.63) is 0 Å². The van der Waals surface area contributed by atoms with Gasteiger partial charge in [-0.2, -0.15) is 0 Å². The van der Waals surface area contributed by atoms with Gasteiger partial charge in [-0.05, 0) is 0 Å². The van der Waals surface area contributed by atoms with Crippen molar-refractivity contribution in [3.63, 3.8) is 0 Å². The number of hydrogen-bond donors (Lipinski definition) is 13. The van der Waals surface area contributed by atoms with Crippen molar-refractivity contribution >= 4 is 5.97 Å². The molecule has 0 aromatic carbocycles. The molecular formula is C21H36O19. The molecule has 0 bridgehead atoms. The first-order chi connectivity index (χ1) is 18.7. The van der Waals surface area contributed by atoms with E-state index in [-0.39, 0.29) is 0 Å². The fourth-order valence-corrected chi connectivity index (χ4v) is 4.62. The minimum atomic E-state index is -2.82. The number of carboxylic acid groups (broad SMARTS) is 1. The molecule has 3 heterocycles. The molecule has 0 amide bonds. The molecule has 16 atom stereocenters. The highest BCUT2D eigenvalue weighted by Crippen LogP contribution is 2.35. The average molecular weight is 593 g/mol. The van der Waals surface area contributed by atoms with Gasteiger partial charge in [0.05, 0.1) is 25.9 Å². The zero-order valence-corrected chi connectivity index (χ0v) is 20.8. The van der Waals surface area contributed by atoms with Gasteiger partial charge in [-0.15, -0.1) is 0 Å². The van der Waals surface area contributed by atoms with Crippen LogP contribution in [0.15, 0.2) is 0 Å². The molecule has 3 aliphatic heterocycles. The van der Waals surface area contributed by atoms with Crippen molar-refractivity contribution in [1.82, 2.24) is 0 Å². The Labute approximate surface area is 225 Å². The molecule has 0 radical (unpaired) electrons. The number of aliphatic hydroxyl groups excluding tert-OH is 12. The van der Waals surface area contributed by atoms with Crippen molar-refractivity contribution in [1.29, 1.82) is 0 Å². The van der Waals surface area contributed by atoms with E-state index in [0.717, 1.165) is 0 Å². The van der Waals surface area contributed by atoms with Crippen LogP contribution in [0, 0.1) is 0 Å². The molecule has 0 aromatic heterocycles. The molecule has 0 aromatic rings. The Morgan fingerprint density at radius 3 is 2.08 bits per heavy atom. The molecular weight excluding hydrogens is 556 g/mol. The van der Waals surface area contributed by atoms with E-state index in [1.807, 2.05) is 0 Å². The Balaban J connectivity index is 1.77. The zero-order valence-electron chi connectivity index (χ0n) is 20.8. The summed E-state index contributed by atoms with van der Waals surface area (Å²) in [4.78, 5) is 12.1. The number of ether oxygens (including phenoxy) is 5. The van der Waals surface area contributed by atoms with E-state index in [0.29, 0.717) is 0 Å². The third kappa shape index (κ3) is 6.55. The van der Waals surface area contributed by atoms with Gasteiger partial charge in [-0.25, -0.2) is 4.79 Å². The van der Waals surface area contributed by atoms with Crippen molar-refractivity contribution in [3.8, 4) is 0 Å². The summed E-state index contributed by atoms with van der Waals surface area (Å²) in [6.07, 6.45) is -29.1. The van der Waals surface area contributed by atoms with Crippen molar-refractivity contribution < 1.29 is 94.9 Å². The van der Waals surface area contributed by atoms with E-state index in [4.69, 9.17) is 28.8 Å². The highest BCUT2D eigenvalue weighted by Gasteiger charge is 2.56. The summed E-state index contributed by atoms with van der Waals surface area (Å²) >= 11 is 0. The lowest BCUT2D eigenvalue weighted by Gasteiger charge is -2.47. The Bertz CT molecular complexity index is 832. The lowest BCUT2D eigenvalue weighted by Crippen LogP contribution is -2.66. The van der Waals surface area contributed by atoms with Gasteiger partial charge in [0.15, 0.2) is 12.6 Å². The summed E-state index contributed by atoms with van der Waals surface area (Å²) < 4.78 is 26.3. The van der Waals surface area contributed by atoms with E-state index in [9.17, 15) is 66.1 Å². The lowest BCUT2D eigenvalue weighted by atomic mass is 9.90. The Kier molecular flexibility index (Phi) is 11.2. The zero-order chi connectivity index (χ0) is 30.1. The summed E-state index contributed by atoms with van der Waals surface area (Å²) in [6.45, 7) is -2.81. The van der Waals surface area contributed by atoms with Crippen LogP contribution in [0.4, 0.5) is 0 Å². The molecule has 1 unspecified atom stereocenters. The largest absolute Gasteiger partial charge is 0.477 e. The number of carboxylic acids is 1. The van der Waals surface area contributed by atoms with Gasteiger partial charge < -0.3 is 90.1 Å². The first kappa shape index (κ1) is 33.3. The molecule has 3 aliphatic rings. The van der Waals surface area contributed by atoms with Gasteiger partial charge in [0.25, 0.3) is 5.79 Å². The van der Waals surface area contributed by atoms with Gasteiger partial charge in [0.2, 0.25) is 0 Å². The minimum absolute atomic E-state index is 0.837. The molecule has 40 heavy (non-hydrogen) atoms. The quantitative estimate of drug-likeness (QED) is 0.112. The smallest absolute Gasteiger partial charge is 0.364 e. The van der Waals surface area contributed by atoms with Crippen LogP contribution < -0.4 is 0 Å². The second-order valence-electron chi connectivity index (χ2n) is 9.80. The summed E-state index contributed by atoms with van der Waals surface area (Å²) in [6, 6.07) is 0. The molecule has 0 spiro atoms. The standard InChI is InChI=1S/C21H36O19/c22-2-6(25)10(27)17-9(26)5(24)1-21(40-17,20(34)35)36-4-8-11(28)12(29)15(32)19(38-8)39-16-7(3-23)37-18(33)14(31)13(16)30/h5-19,22-33H,1-4H2,(H,34,35)/t5-,6+,7+,8+,9+,10+,11-,12-,13+,14+,15+,16+,17+,18?,19-,21+/m0/s1. The normalized spacial score (nSPS) is 48.0. The summed E-state index contributed by atoms with van der Waals surface area (Å²) in [5.41, 5.74) is 0. The Morgan fingerprint density at radius 2 is 1.50 bits per heavy atom. The van der Waals surface area contributed by atoms with Gasteiger partial charge in [0, 0.05) is 6.42 Å². The van der Waals surface area contributed by atoms with Crippen LogP contribution >= 0.6 is 0 Å². The van der Waals surface area contributed by atoms with Gasteiger partial charge in [-0.3, -0.25) is 0 Å². The second kappa shape index (κ2) is 13.4. The number of aliphatic carboxylic acids is 1. The third-order valence-corrected chi connectivity index (χ3v) is 7.06. The van der Waals surface area contributed by atoms with Crippen LogP contribution in [-0.4, -0.2) is 190 Å². The van der Waals surface area contributed by atoms with Gasteiger partial charge in [-0.1, -0.05) is 0 Å². The minimum Gasteiger partial charge on any atom is -0.477 e. The maximum absolute atomic E-state index is 12.1. The van der Waals surface area contributed by atoms with Crippen LogP contribution in [0.2, 0.25) is 0 Å². The third-order valence-electron chi connectivity index (χ3n) is 7.06. The SMILES string of the molecule is O=C(O)[C@@]1(OC[C@H]2O[C@@H](O[C@H]3[C@H](O)[C@@H](O)C(O)O[C@@H]3CO)[C@H](O)[C@@H](O)[C@H]2O)C[C@H](O)[C@@H](O)[C@H]([C@H](O)[C@H](O)CO)O1. The molecule has 234 valence electrons. The predicted molar refractivity (Wildman–Crippen MR) is 118 cm³/mol. The number of carbonyl (C=O) groups is 1. The fourth-order valence-electron chi connectivity index (χ4n) is 4.62. The van der Waals surface area contributed by atoms with Crippen LogP contribution in [0.3, 0.4) is 0 Å². The van der Waals surface area contributed by atoms with Crippen LogP contribution in [-0.2, 0) is 28.5 Å². The topological polar surface area (TPSA) is 326 Å². The van der Waals surface area contributed by atoms with Crippen LogP contribution in [0.1, 0.15) is 6.42 Å². The molecule has 13 N–H and O–H groups in total. The van der Waals surface area contributed by atoms with E-state index in [1.54, 1.807) is 0 Å². The van der Waals surface area contributed by atoms with E-state index < -0.39 is 130 Å². The second-order valence-corrected chi connectivity index (χ2v) is 9.80. The lowest BCUT2D eigenvalue weighted by molar-refractivity contribution is -0.367. The highest BCUT2D eigenvalue weighted by atomic mass is 16.8. The number of rotatable bonds is 10. The summed E-state index contributed by atoms with van der Waals surface area (Å²) in [5, 5.41) is 130. The maximum atomic E-state index is 12.1. The van der Waals surface area contributed by atoms with Gasteiger partial charge >= 0.3 is 5.97 Å². The van der Waals surface area contributed by atoms with Gasteiger partial charge in [0.1, 0.15) is 73.2 Å². The fraction of sp³-hybridized carbons (Fsp3) is 0.952. The molecule has 0 saturated carbocycles. The first-order valence-corrected chi connectivity index (χ1v) is 12.2. The molecule has 19 heteroatoms. The molecule has 3 rings (SSSR count). The van der Waals surface area contributed by atoms with Crippen molar-refractivity contribution in [2.24, 2.45) is 0 Å². The Morgan fingerprint density at radius 1 is 0.850 bits per heavy atom. The van der Waals surface area contributed by atoms with Crippen molar-refractivity contribution in [2.75, 3.05) is 19.8 Å².